The molecule has 0 radical (unpaired) electrons. The normalized spacial score (nSPS) is 12.7. The molecule has 0 aromatic carbocycles. The highest BCUT2D eigenvalue weighted by Crippen LogP contribution is 2.08. The third-order valence-corrected chi connectivity index (χ3v) is 3.00. The third kappa shape index (κ3) is 3.46. The van der Waals surface area contributed by atoms with Crippen LogP contribution in [0.2, 0.25) is 5.15 Å². The van der Waals surface area contributed by atoms with Gasteiger partial charge in [0.25, 0.3) is 5.56 Å². The van der Waals surface area contributed by atoms with Gasteiger partial charge < -0.3 is 4.74 Å². The molecule has 5 nitrogen and oxygen atoms in total. The first-order valence-electron chi connectivity index (χ1n) is 6.01. The van der Waals surface area contributed by atoms with Crippen molar-refractivity contribution in [1.29, 1.82) is 0 Å². The van der Waals surface area contributed by atoms with E-state index in [0.717, 1.165) is 6.42 Å². The molecule has 0 saturated heterocycles. The average Bonchev–Trinajstić information content (AvgIpc) is 2.30. The number of halogens is 1. The maximum Gasteiger partial charge on any atom is 0.329 e. The first kappa shape index (κ1) is 15.0. The lowest BCUT2D eigenvalue weighted by molar-refractivity contribution is 0.150. The Labute approximate surface area is 111 Å². The number of hydrogen-bond donors (Lipinski definition) is 1. The summed E-state index contributed by atoms with van der Waals surface area (Å²) in [6, 6.07) is 0. The van der Waals surface area contributed by atoms with Crippen molar-refractivity contribution in [1.82, 2.24) is 9.55 Å². The van der Waals surface area contributed by atoms with Gasteiger partial charge in [-0.3, -0.25) is 14.3 Å². The quantitative estimate of drug-likeness (QED) is 0.798. The number of rotatable bonds is 6. The largest absolute Gasteiger partial charge is 0.384 e. The number of nitrogens with one attached hydrogen (secondary N) is 1. The van der Waals surface area contributed by atoms with Gasteiger partial charge in [-0.1, -0.05) is 31.9 Å². The van der Waals surface area contributed by atoms with E-state index in [9.17, 15) is 9.59 Å². The lowest BCUT2D eigenvalue weighted by atomic mass is 10.2. The summed E-state index contributed by atoms with van der Waals surface area (Å²) in [7, 11) is 1.59. The van der Waals surface area contributed by atoms with Crippen molar-refractivity contribution in [2.75, 3.05) is 13.7 Å². The molecule has 102 valence electrons. The number of H-pyrrole nitrogens is 1. The minimum atomic E-state index is -0.465. The van der Waals surface area contributed by atoms with Crippen LogP contribution in [-0.2, 0) is 17.7 Å². The molecule has 1 unspecified atom stereocenters. The predicted octanol–water partition coefficient (Wildman–Crippen LogP) is 1.43. The lowest BCUT2D eigenvalue weighted by Gasteiger charge is -2.13. The van der Waals surface area contributed by atoms with Gasteiger partial charge in [0, 0.05) is 13.7 Å². The van der Waals surface area contributed by atoms with E-state index in [4.69, 9.17) is 16.3 Å². The molecule has 0 aliphatic heterocycles. The fourth-order valence-electron chi connectivity index (χ4n) is 1.87. The van der Waals surface area contributed by atoms with E-state index in [1.807, 2.05) is 13.8 Å². The zero-order valence-electron chi connectivity index (χ0n) is 11.0. The van der Waals surface area contributed by atoms with Crippen molar-refractivity contribution in [2.45, 2.75) is 33.2 Å². The van der Waals surface area contributed by atoms with Crippen LogP contribution in [-0.4, -0.2) is 23.3 Å². The van der Waals surface area contributed by atoms with Crippen molar-refractivity contribution in [3.63, 3.8) is 0 Å². The Morgan fingerprint density at radius 1 is 1.44 bits per heavy atom. The van der Waals surface area contributed by atoms with Gasteiger partial charge in [0.15, 0.2) is 0 Å². The maximum atomic E-state index is 12.2. The summed E-state index contributed by atoms with van der Waals surface area (Å²) in [6.45, 7) is 4.70. The van der Waals surface area contributed by atoms with Gasteiger partial charge in [-0.15, -0.1) is 0 Å². The van der Waals surface area contributed by atoms with E-state index in [1.165, 1.54) is 4.57 Å². The molecule has 0 spiro atoms. The van der Waals surface area contributed by atoms with Crippen LogP contribution < -0.4 is 11.2 Å². The molecule has 6 heteroatoms. The topological polar surface area (TPSA) is 64.1 Å². The standard InChI is InChI=1S/C12H19ClN2O3/c1-4-5-9-10(13)14-12(17)15(11(9)16)6-8(2)7-18-3/h8H,4-7H2,1-3H3,(H,14,17). The molecule has 0 fully saturated rings. The van der Waals surface area contributed by atoms with Gasteiger partial charge in [-0.2, -0.15) is 0 Å². The average molecular weight is 275 g/mol. The molecule has 1 heterocycles. The summed E-state index contributed by atoms with van der Waals surface area (Å²) >= 11 is 5.89. The second-order valence-corrected chi connectivity index (χ2v) is 4.83. The Kier molecular flexibility index (Phi) is 5.62. The van der Waals surface area contributed by atoms with E-state index in [2.05, 4.69) is 4.98 Å². The maximum absolute atomic E-state index is 12.2. The van der Waals surface area contributed by atoms with E-state index in [1.54, 1.807) is 7.11 Å². The van der Waals surface area contributed by atoms with Crippen LogP contribution in [0.5, 0.6) is 0 Å². The molecule has 0 aliphatic carbocycles. The smallest absolute Gasteiger partial charge is 0.329 e. The van der Waals surface area contributed by atoms with Crippen LogP contribution in [0.15, 0.2) is 9.59 Å². The summed E-state index contributed by atoms with van der Waals surface area (Å²) in [5.41, 5.74) is -0.287. The third-order valence-electron chi connectivity index (χ3n) is 2.68. The predicted molar refractivity (Wildman–Crippen MR) is 71.4 cm³/mol. The number of aromatic nitrogens is 2. The molecule has 0 bridgehead atoms. The molecule has 0 aliphatic rings. The van der Waals surface area contributed by atoms with E-state index in [0.29, 0.717) is 25.1 Å². The second kappa shape index (κ2) is 6.75. The van der Waals surface area contributed by atoms with Gasteiger partial charge in [0.2, 0.25) is 0 Å². The number of aromatic amines is 1. The molecule has 1 atom stereocenters. The van der Waals surface area contributed by atoms with E-state index in [-0.39, 0.29) is 16.6 Å². The monoisotopic (exact) mass is 274 g/mol. The molecule has 1 N–H and O–H groups in total. The van der Waals surface area contributed by atoms with Gasteiger partial charge >= 0.3 is 5.69 Å². The van der Waals surface area contributed by atoms with Gasteiger partial charge in [-0.05, 0) is 12.3 Å². The van der Waals surface area contributed by atoms with Crippen LogP contribution in [0.3, 0.4) is 0 Å². The van der Waals surface area contributed by atoms with Crippen LogP contribution in [0, 0.1) is 5.92 Å². The minimum absolute atomic E-state index is 0.0875. The number of nitrogens with zero attached hydrogens (tertiary/aromatic N) is 1. The molecular weight excluding hydrogens is 256 g/mol. The fourth-order valence-corrected chi connectivity index (χ4v) is 2.12. The van der Waals surface area contributed by atoms with Crippen molar-refractivity contribution < 1.29 is 4.74 Å². The highest BCUT2D eigenvalue weighted by atomic mass is 35.5. The van der Waals surface area contributed by atoms with Gasteiger partial charge in [0.1, 0.15) is 5.15 Å². The van der Waals surface area contributed by atoms with Crippen molar-refractivity contribution >= 4 is 11.6 Å². The molecule has 18 heavy (non-hydrogen) atoms. The molecule has 0 amide bonds. The van der Waals surface area contributed by atoms with Crippen LogP contribution in [0.1, 0.15) is 25.8 Å². The Hall–Kier alpha value is -1.07. The lowest BCUT2D eigenvalue weighted by Crippen LogP contribution is -2.39. The first-order chi connectivity index (χ1) is 8.51. The summed E-state index contributed by atoms with van der Waals surface area (Å²) < 4.78 is 6.20. The van der Waals surface area contributed by atoms with Crippen molar-refractivity contribution in [2.24, 2.45) is 5.92 Å². The molecule has 1 aromatic heterocycles. The Morgan fingerprint density at radius 3 is 2.67 bits per heavy atom. The fraction of sp³-hybridized carbons (Fsp3) is 0.667. The highest BCUT2D eigenvalue weighted by molar-refractivity contribution is 6.30. The first-order valence-corrected chi connectivity index (χ1v) is 6.39. The number of methoxy groups -OCH3 is 1. The summed E-state index contributed by atoms with van der Waals surface area (Å²) in [5.74, 6) is 0.0875. The van der Waals surface area contributed by atoms with Crippen molar-refractivity contribution in [3.8, 4) is 0 Å². The SMILES string of the molecule is CCCc1c(Cl)[nH]c(=O)n(CC(C)COC)c1=O. The summed E-state index contributed by atoms with van der Waals surface area (Å²) in [5, 5.41) is 0.155. The molecular formula is C12H19ClN2O3. The Bertz CT molecular complexity index is 507. The summed E-state index contributed by atoms with van der Waals surface area (Å²) in [6.07, 6.45) is 1.36. The Balaban J connectivity index is 3.15. The second-order valence-electron chi connectivity index (χ2n) is 4.45. The molecule has 0 saturated carbocycles. The number of hydrogen-bond acceptors (Lipinski definition) is 3. The summed E-state index contributed by atoms with van der Waals surface area (Å²) in [4.78, 5) is 26.4. The highest BCUT2D eigenvalue weighted by Gasteiger charge is 2.14. The van der Waals surface area contributed by atoms with Gasteiger partial charge in [0.05, 0.1) is 12.2 Å². The van der Waals surface area contributed by atoms with Crippen LogP contribution in [0.4, 0.5) is 0 Å². The van der Waals surface area contributed by atoms with Crippen LogP contribution in [0.25, 0.3) is 0 Å². The zero-order chi connectivity index (χ0) is 13.7. The van der Waals surface area contributed by atoms with E-state index >= 15 is 0 Å². The zero-order valence-corrected chi connectivity index (χ0v) is 11.7. The van der Waals surface area contributed by atoms with E-state index < -0.39 is 5.69 Å². The molecule has 1 aromatic rings. The van der Waals surface area contributed by atoms with Crippen molar-refractivity contribution in [3.05, 3.63) is 31.6 Å². The Morgan fingerprint density at radius 2 is 2.11 bits per heavy atom. The van der Waals surface area contributed by atoms with Crippen LogP contribution >= 0.6 is 11.6 Å². The van der Waals surface area contributed by atoms with Gasteiger partial charge in [-0.25, -0.2) is 4.79 Å². The molecule has 1 rings (SSSR count). The number of ether oxygens (including phenoxy) is 1. The minimum Gasteiger partial charge on any atom is -0.384 e.